The lowest BCUT2D eigenvalue weighted by atomic mass is 10.1. The van der Waals surface area contributed by atoms with Crippen LogP contribution in [0.25, 0.3) is 0 Å². The highest BCUT2D eigenvalue weighted by Crippen LogP contribution is 2.38. The van der Waals surface area contributed by atoms with Crippen molar-refractivity contribution in [2.24, 2.45) is 0 Å². The molecule has 0 heterocycles. The molecule has 1 rings (SSSR count). The molecule has 0 saturated heterocycles. The van der Waals surface area contributed by atoms with E-state index in [9.17, 15) is 4.79 Å². The number of hydrogen-bond donors (Lipinski definition) is 1. The van der Waals surface area contributed by atoms with Crippen LogP contribution in [0.15, 0.2) is 24.8 Å². The third-order valence-corrected chi connectivity index (χ3v) is 2.38. The molecule has 1 N–H and O–H groups in total. The van der Waals surface area contributed by atoms with Gasteiger partial charge < -0.3 is 19.5 Å². The van der Waals surface area contributed by atoms with Crippen LogP contribution < -0.4 is 19.5 Å². The predicted molar refractivity (Wildman–Crippen MR) is 68.1 cm³/mol. The first-order valence-corrected chi connectivity index (χ1v) is 5.35. The van der Waals surface area contributed by atoms with Crippen molar-refractivity contribution in [3.05, 3.63) is 30.4 Å². The third kappa shape index (κ3) is 3.16. The molecule has 0 fully saturated rings. The molecule has 0 saturated carbocycles. The van der Waals surface area contributed by atoms with Crippen LogP contribution in [-0.4, -0.2) is 27.2 Å². The van der Waals surface area contributed by atoms with E-state index in [1.807, 2.05) is 0 Å². The van der Waals surface area contributed by atoms with Gasteiger partial charge in [0.2, 0.25) is 11.7 Å². The molecule has 5 heteroatoms. The van der Waals surface area contributed by atoms with Gasteiger partial charge in [-0.05, 0) is 23.8 Å². The molecular formula is C13H17NO4. The first-order valence-electron chi connectivity index (χ1n) is 5.35. The Hall–Kier alpha value is -2.17. The van der Waals surface area contributed by atoms with Crippen LogP contribution in [0.3, 0.4) is 0 Å². The van der Waals surface area contributed by atoms with E-state index in [0.29, 0.717) is 23.8 Å². The molecule has 5 nitrogen and oxygen atoms in total. The van der Waals surface area contributed by atoms with Crippen LogP contribution in [-0.2, 0) is 11.3 Å². The van der Waals surface area contributed by atoms with Crippen molar-refractivity contribution < 1.29 is 19.0 Å². The molecule has 0 bridgehead atoms. The van der Waals surface area contributed by atoms with Crippen molar-refractivity contribution in [1.29, 1.82) is 0 Å². The maximum absolute atomic E-state index is 11.1. The summed E-state index contributed by atoms with van der Waals surface area (Å²) in [6.45, 7) is 3.75. The Morgan fingerprint density at radius 2 is 1.78 bits per heavy atom. The maximum atomic E-state index is 11.1. The topological polar surface area (TPSA) is 56.8 Å². The second-order valence-electron chi connectivity index (χ2n) is 3.46. The molecule has 1 amide bonds. The predicted octanol–water partition coefficient (Wildman–Crippen LogP) is 1.51. The van der Waals surface area contributed by atoms with Gasteiger partial charge in [-0.15, -0.1) is 0 Å². The van der Waals surface area contributed by atoms with Crippen LogP contribution in [0.2, 0.25) is 0 Å². The molecule has 0 aliphatic rings. The first-order chi connectivity index (χ1) is 8.65. The molecule has 1 aromatic carbocycles. The minimum atomic E-state index is -0.233. The van der Waals surface area contributed by atoms with E-state index in [1.54, 1.807) is 33.5 Å². The van der Waals surface area contributed by atoms with Gasteiger partial charge in [-0.25, -0.2) is 0 Å². The Labute approximate surface area is 106 Å². The Kier molecular flexibility index (Phi) is 5.05. The zero-order valence-corrected chi connectivity index (χ0v) is 10.8. The number of methoxy groups -OCH3 is 3. The number of hydrogen-bond acceptors (Lipinski definition) is 4. The summed E-state index contributed by atoms with van der Waals surface area (Å²) in [6, 6.07) is 3.56. The monoisotopic (exact) mass is 251 g/mol. The number of amides is 1. The minimum Gasteiger partial charge on any atom is -0.493 e. The highest BCUT2D eigenvalue weighted by Gasteiger charge is 2.13. The van der Waals surface area contributed by atoms with Crippen molar-refractivity contribution in [3.8, 4) is 17.2 Å². The Balaban J connectivity index is 2.99. The van der Waals surface area contributed by atoms with Crippen molar-refractivity contribution in [3.63, 3.8) is 0 Å². The lowest BCUT2D eigenvalue weighted by Gasteiger charge is -2.14. The van der Waals surface area contributed by atoms with Crippen molar-refractivity contribution >= 4 is 5.91 Å². The van der Waals surface area contributed by atoms with E-state index < -0.39 is 0 Å². The molecule has 0 aromatic heterocycles. The summed E-state index contributed by atoms with van der Waals surface area (Å²) in [6.07, 6.45) is 1.22. The summed E-state index contributed by atoms with van der Waals surface area (Å²) >= 11 is 0. The summed E-state index contributed by atoms with van der Waals surface area (Å²) in [5.41, 5.74) is 0.847. The van der Waals surface area contributed by atoms with Crippen molar-refractivity contribution in [2.75, 3.05) is 21.3 Å². The van der Waals surface area contributed by atoms with E-state index in [4.69, 9.17) is 14.2 Å². The fraction of sp³-hybridized carbons (Fsp3) is 0.308. The van der Waals surface area contributed by atoms with E-state index in [1.165, 1.54) is 6.08 Å². The number of carbonyl (C=O) groups is 1. The van der Waals surface area contributed by atoms with Gasteiger partial charge in [0.15, 0.2) is 11.5 Å². The Morgan fingerprint density at radius 3 is 2.17 bits per heavy atom. The van der Waals surface area contributed by atoms with Crippen LogP contribution in [0.4, 0.5) is 0 Å². The van der Waals surface area contributed by atoms with Gasteiger partial charge in [-0.3, -0.25) is 4.79 Å². The number of nitrogens with one attached hydrogen (secondary N) is 1. The van der Waals surface area contributed by atoms with Crippen LogP contribution >= 0.6 is 0 Å². The number of rotatable bonds is 6. The standard InChI is InChI=1S/C13H17NO4/c1-5-12(15)14-8-9-6-10(16-2)13(18-4)11(7-9)17-3/h5-7H,1,8H2,2-4H3,(H,14,15). The van der Waals surface area contributed by atoms with Gasteiger partial charge in [-0.2, -0.15) is 0 Å². The molecule has 0 radical (unpaired) electrons. The number of benzene rings is 1. The third-order valence-electron chi connectivity index (χ3n) is 2.38. The van der Waals surface area contributed by atoms with Gasteiger partial charge in [0.05, 0.1) is 21.3 Å². The fourth-order valence-electron chi connectivity index (χ4n) is 1.50. The molecule has 0 atom stereocenters. The lowest BCUT2D eigenvalue weighted by molar-refractivity contribution is -0.116. The molecule has 18 heavy (non-hydrogen) atoms. The number of carbonyl (C=O) groups excluding carboxylic acids is 1. The van der Waals surface area contributed by atoms with Crippen molar-refractivity contribution in [1.82, 2.24) is 5.32 Å². The van der Waals surface area contributed by atoms with Gasteiger partial charge in [0, 0.05) is 6.54 Å². The zero-order valence-electron chi connectivity index (χ0n) is 10.8. The molecule has 0 spiro atoms. The van der Waals surface area contributed by atoms with E-state index in [-0.39, 0.29) is 5.91 Å². The van der Waals surface area contributed by atoms with E-state index in [0.717, 1.165) is 5.56 Å². The van der Waals surface area contributed by atoms with Gasteiger partial charge >= 0.3 is 0 Å². The average molecular weight is 251 g/mol. The smallest absolute Gasteiger partial charge is 0.243 e. The minimum absolute atomic E-state index is 0.233. The van der Waals surface area contributed by atoms with Crippen LogP contribution in [0.5, 0.6) is 17.2 Å². The van der Waals surface area contributed by atoms with Crippen LogP contribution in [0, 0.1) is 0 Å². The molecule has 1 aromatic rings. The van der Waals surface area contributed by atoms with Crippen molar-refractivity contribution in [2.45, 2.75) is 6.54 Å². The SMILES string of the molecule is C=CC(=O)NCc1cc(OC)c(OC)c(OC)c1. The van der Waals surface area contributed by atoms with Gasteiger partial charge in [-0.1, -0.05) is 6.58 Å². The average Bonchev–Trinajstić information content (AvgIpc) is 2.43. The van der Waals surface area contributed by atoms with Gasteiger partial charge in [0.25, 0.3) is 0 Å². The summed E-state index contributed by atoms with van der Waals surface area (Å²) in [4.78, 5) is 11.1. The summed E-state index contributed by atoms with van der Waals surface area (Å²) in [5.74, 6) is 1.40. The van der Waals surface area contributed by atoms with E-state index >= 15 is 0 Å². The molecule has 0 aliphatic carbocycles. The van der Waals surface area contributed by atoms with E-state index in [2.05, 4.69) is 11.9 Å². The maximum Gasteiger partial charge on any atom is 0.243 e. The second kappa shape index (κ2) is 6.54. The summed E-state index contributed by atoms with van der Waals surface area (Å²) in [5, 5.41) is 2.68. The van der Waals surface area contributed by atoms with Gasteiger partial charge in [0.1, 0.15) is 0 Å². The van der Waals surface area contributed by atoms with Crippen LogP contribution in [0.1, 0.15) is 5.56 Å². The largest absolute Gasteiger partial charge is 0.493 e. The Bertz CT molecular complexity index is 418. The quantitative estimate of drug-likeness (QED) is 0.779. The highest BCUT2D eigenvalue weighted by atomic mass is 16.5. The first kappa shape index (κ1) is 13.9. The summed E-state index contributed by atoms with van der Waals surface area (Å²) < 4.78 is 15.6. The molecule has 98 valence electrons. The normalized spacial score (nSPS) is 9.50. The fourth-order valence-corrected chi connectivity index (χ4v) is 1.50. The Morgan fingerprint density at radius 1 is 1.22 bits per heavy atom. The molecule has 0 unspecified atom stereocenters. The molecular weight excluding hydrogens is 234 g/mol. The zero-order chi connectivity index (χ0) is 13.5. The lowest BCUT2D eigenvalue weighted by Crippen LogP contribution is -2.20. The second-order valence-corrected chi connectivity index (χ2v) is 3.46. The summed E-state index contributed by atoms with van der Waals surface area (Å²) in [7, 11) is 4.63. The number of ether oxygens (including phenoxy) is 3. The highest BCUT2D eigenvalue weighted by molar-refractivity contribution is 5.86. The molecule has 0 aliphatic heterocycles.